The SMILES string of the molecule is O=C(COC(=O)/C=C/c1ccccc1F)Nc1ccc2[nH]c(=O)[nH]c2c1. The van der Waals surface area contributed by atoms with Crippen LogP contribution in [0.5, 0.6) is 0 Å². The number of rotatable bonds is 5. The van der Waals surface area contributed by atoms with E-state index in [-0.39, 0.29) is 11.3 Å². The first kappa shape index (κ1) is 17.2. The minimum atomic E-state index is -0.770. The van der Waals surface area contributed by atoms with Crippen molar-refractivity contribution in [1.82, 2.24) is 9.97 Å². The summed E-state index contributed by atoms with van der Waals surface area (Å²) in [5, 5.41) is 2.55. The van der Waals surface area contributed by atoms with E-state index in [1.54, 1.807) is 24.3 Å². The molecule has 0 aliphatic rings. The number of nitrogens with one attached hydrogen (secondary N) is 3. The van der Waals surface area contributed by atoms with Gasteiger partial charge in [-0.15, -0.1) is 0 Å². The Labute approximate surface area is 146 Å². The van der Waals surface area contributed by atoms with Gasteiger partial charge in [0.25, 0.3) is 5.91 Å². The summed E-state index contributed by atoms with van der Waals surface area (Å²) in [6, 6.07) is 10.8. The van der Waals surface area contributed by atoms with Crippen LogP contribution in [0, 0.1) is 5.82 Å². The molecule has 1 amide bonds. The zero-order valence-corrected chi connectivity index (χ0v) is 13.4. The number of anilines is 1. The molecule has 0 radical (unpaired) electrons. The highest BCUT2D eigenvalue weighted by molar-refractivity contribution is 5.96. The number of esters is 1. The van der Waals surface area contributed by atoms with Gasteiger partial charge in [0, 0.05) is 17.3 Å². The van der Waals surface area contributed by atoms with Gasteiger partial charge in [-0.25, -0.2) is 14.0 Å². The number of amides is 1. The molecule has 0 saturated carbocycles. The molecule has 0 aliphatic carbocycles. The Hall–Kier alpha value is -3.68. The molecule has 0 unspecified atom stereocenters. The monoisotopic (exact) mass is 355 g/mol. The molecule has 0 atom stereocenters. The van der Waals surface area contributed by atoms with Crippen LogP contribution in [0.15, 0.2) is 53.3 Å². The molecule has 0 spiro atoms. The number of halogens is 1. The van der Waals surface area contributed by atoms with Gasteiger partial charge < -0.3 is 20.0 Å². The Morgan fingerprint density at radius 1 is 1.12 bits per heavy atom. The summed E-state index contributed by atoms with van der Waals surface area (Å²) in [6.07, 6.45) is 2.31. The molecule has 2 aromatic carbocycles. The fourth-order valence-electron chi connectivity index (χ4n) is 2.26. The molecule has 0 bridgehead atoms. The zero-order valence-electron chi connectivity index (χ0n) is 13.4. The summed E-state index contributed by atoms with van der Waals surface area (Å²) >= 11 is 0. The maximum Gasteiger partial charge on any atom is 0.331 e. The van der Waals surface area contributed by atoms with Crippen LogP contribution in [0.2, 0.25) is 0 Å². The summed E-state index contributed by atoms with van der Waals surface area (Å²) in [4.78, 5) is 39.8. The molecule has 7 nitrogen and oxygen atoms in total. The number of ether oxygens (including phenoxy) is 1. The van der Waals surface area contributed by atoms with Crippen LogP contribution in [0.3, 0.4) is 0 Å². The number of aromatic nitrogens is 2. The number of benzene rings is 2. The van der Waals surface area contributed by atoms with Crippen molar-refractivity contribution in [2.75, 3.05) is 11.9 Å². The standard InChI is InChI=1S/C18H14FN3O4/c19-13-4-2-1-3-11(13)5-8-17(24)26-10-16(23)20-12-6-7-14-15(9-12)22-18(25)21-14/h1-9H,10H2,(H,20,23)(H2,21,22,25)/b8-5+. The lowest BCUT2D eigenvalue weighted by atomic mass is 10.2. The van der Waals surface area contributed by atoms with E-state index in [0.29, 0.717) is 16.7 Å². The van der Waals surface area contributed by atoms with Crippen LogP contribution in [0.4, 0.5) is 10.1 Å². The normalized spacial score (nSPS) is 11.0. The second-order valence-corrected chi connectivity index (χ2v) is 5.35. The highest BCUT2D eigenvalue weighted by Gasteiger charge is 2.07. The number of aromatic amines is 2. The van der Waals surface area contributed by atoms with Crippen molar-refractivity contribution in [2.24, 2.45) is 0 Å². The van der Waals surface area contributed by atoms with Gasteiger partial charge in [-0.3, -0.25) is 4.79 Å². The minimum absolute atomic E-state index is 0.239. The van der Waals surface area contributed by atoms with Crippen molar-refractivity contribution >= 4 is 34.7 Å². The van der Waals surface area contributed by atoms with Crippen LogP contribution in [0.25, 0.3) is 17.1 Å². The number of carbonyl (C=O) groups excluding carboxylic acids is 2. The molecule has 3 aromatic rings. The average Bonchev–Trinajstić information content (AvgIpc) is 2.98. The summed E-state index contributed by atoms with van der Waals surface area (Å²) in [5.41, 5.74) is 1.48. The first-order valence-electron chi connectivity index (χ1n) is 7.62. The quantitative estimate of drug-likeness (QED) is 0.482. The third kappa shape index (κ3) is 4.23. The predicted molar refractivity (Wildman–Crippen MR) is 93.9 cm³/mol. The van der Waals surface area contributed by atoms with Gasteiger partial charge in [-0.2, -0.15) is 0 Å². The van der Waals surface area contributed by atoms with E-state index in [2.05, 4.69) is 15.3 Å². The molecule has 1 aromatic heterocycles. The largest absolute Gasteiger partial charge is 0.452 e. The van der Waals surface area contributed by atoms with Crippen molar-refractivity contribution < 1.29 is 18.7 Å². The first-order valence-corrected chi connectivity index (χ1v) is 7.62. The molecule has 0 fully saturated rings. The van der Waals surface area contributed by atoms with Crippen LogP contribution in [-0.2, 0) is 14.3 Å². The molecular weight excluding hydrogens is 341 g/mol. The molecule has 26 heavy (non-hydrogen) atoms. The highest BCUT2D eigenvalue weighted by Crippen LogP contribution is 2.14. The van der Waals surface area contributed by atoms with Crippen LogP contribution < -0.4 is 11.0 Å². The van der Waals surface area contributed by atoms with E-state index < -0.39 is 24.3 Å². The number of fused-ring (bicyclic) bond motifs is 1. The van der Waals surface area contributed by atoms with Crippen LogP contribution in [-0.4, -0.2) is 28.5 Å². The van der Waals surface area contributed by atoms with E-state index in [1.165, 1.54) is 24.3 Å². The van der Waals surface area contributed by atoms with Crippen molar-refractivity contribution in [3.8, 4) is 0 Å². The smallest absolute Gasteiger partial charge is 0.331 e. The summed E-state index contributed by atoms with van der Waals surface area (Å²) in [6.45, 7) is -0.498. The lowest BCUT2D eigenvalue weighted by molar-refractivity contribution is -0.142. The van der Waals surface area contributed by atoms with E-state index in [0.717, 1.165) is 6.08 Å². The van der Waals surface area contributed by atoms with Crippen LogP contribution >= 0.6 is 0 Å². The van der Waals surface area contributed by atoms with Gasteiger partial charge >= 0.3 is 11.7 Å². The summed E-state index contributed by atoms with van der Waals surface area (Å²) in [5.74, 6) is -1.78. The van der Waals surface area contributed by atoms with Gasteiger partial charge in [-0.05, 0) is 30.3 Å². The van der Waals surface area contributed by atoms with Gasteiger partial charge in [0.2, 0.25) is 0 Å². The van der Waals surface area contributed by atoms with Crippen molar-refractivity contribution in [2.45, 2.75) is 0 Å². The Balaban J connectivity index is 1.53. The Morgan fingerprint density at radius 2 is 1.88 bits per heavy atom. The molecule has 8 heteroatoms. The second kappa shape index (κ2) is 7.47. The number of H-pyrrole nitrogens is 2. The van der Waals surface area contributed by atoms with Crippen LogP contribution in [0.1, 0.15) is 5.56 Å². The molecule has 3 N–H and O–H groups in total. The second-order valence-electron chi connectivity index (χ2n) is 5.35. The van der Waals surface area contributed by atoms with E-state index in [4.69, 9.17) is 4.74 Å². The number of imidazole rings is 1. The van der Waals surface area contributed by atoms with Crippen molar-refractivity contribution in [3.05, 3.63) is 70.4 Å². The third-order valence-corrected chi connectivity index (χ3v) is 3.45. The molecule has 132 valence electrons. The molecule has 0 saturated heterocycles. The molecule has 3 rings (SSSR count). The number of carbonyl (C=O) groups is 2. The highest BCUT2D eigenvalue weighted by atomic mass is 19.1. The van der Waals surface area contributed by atoms with Gasteiger partial charge in [-0.1, -0.05) is 18.2 Å². The predicted octanol–water partition coefficient (Wildman–Crippen LogP) is 2.19. The first-order chi connectivity index (χ1) is 12.5. The fourth-order valence-corrected chi connectivity index (χ4v) is 2.26. The molecule has 0 aliphatic heterocycles. The third-order valence-electron chi connectivity index (χ3n) is 3.45. The fraction of sp³-hybridized carbons (Fsp3) is 0.0556. The molecule has 1 heterocycles. The maximum absolute atomic E-state index is 13.4. The Morgan fingerprint density at radius 3 is 2.69 bits per heavy atom. The Kier molecular flexibility index (Phi) is 4.93. The van der Waals surface area contributed by atoms with E-state index >= 15 is 0 Å². The topological polar surface area (TPSA) is 104 Å². The lowest BCUT2D eigenvalue weighted by Gasteiger charge is -2.05. The van der Waals surface area contributed by atoms with Crippen molar-refractivity contribution in [3.63, 3.8) is 0 Å². The van der Waals surface area contributed by atoms with Gasteiger partial charge in [0.05, 0.1) is 11.0 Å². The maximum atomic E-state index is 13.4. The lowest BCUT2D eigenvalue weighted by Crippen LogP contribution is -2.20. The Bertz CT molecular complexity index is 1050. The molecular formula is C18H14FN3O4. The summed E-state index contributed by atoms with van der Waals surface area (Å²) < 4.78 is 18.2. The average molecular weight is 355 g/mol. The van der Waals surface area contributed by atoms with Gasteiger partial charge in [0.15, 0.2) is 6.61 Å². The summed E-state index contributed by atoms with van der Waals surface area (Å²) in [7, 11) is 0. The zero-order chi connectivity index (χ0) is 18.5. The number of hydrogen-bond acceptors (Lipinski definition) is 4. The van der Waals surface area contributed by atoms with Crippen molar-refractivity contribution in [1.29, 1.82) is 0 Å². The van der Waals surface area contributed by atoms with Gasteiger partial charge in [0.1, 0.15) is 5.82 Å². The van der Waals surface area contributed by atoms with E-state index in [9.17, 15) is 18.8 Å². The van der Waals surface area contributed by atoms with E-state index in [1.807, 2.05) is 0 Å². The number of hydrogen-bond donors (Lipinski definition) is 3. The minimum Gasteiger partial charge on any atom is -0.452 e.